The number of hydrogen-bond acceptors (Lipinski definition) is 4. The summed E-state index contributed by atoms with van der Waals surface area (Å²) in [7, 11) is 0. The molecule has 1 aromatic carbocycles. The average Bonchev–Trinajstić information content (AvgIpc) is 2.82. The molecule has 2 N–H and O–H groups in total. The molecule has 25 heavy (non-hydrogen) atoms. The third-order valence-corrected chi connectivity index (χ3v) is 3.72. The van der Waals surface area contributed by atoms with Crippen molar-refractivity contribution in [1.82, 2.24) is 19.7 Å². The van der Waals surface area contributed by atoms with Crippen molar-refractivity contribution in [2.24, 2.45) is 0 Å². The Morgan fingerprint density at radius 3 is 2.64 bits per heavy atom. The Bertz CT molecular complexity index is 733. The number of amides is 2. The van der Waals surface area contributed by atoms with Gasteiger partial charge in [-0.15, -0.1) is 0 Å². The van der Waals surface area contributed by atoms with Gasteiger partial charge in [0.15, 0.2) is 0 Å². The fourth-order valence-corrected chi connectivity index (χ4v) is 2.63. The van der Waals surface area contributed by atoms with E-state index < -0.39 is 5.60 Å². The summed E-state index contributed by atoms with van der Waals surface area (Å²) >= 11 is 0. The number of carbonyl (C=O) groups excluding carboxylic acids is 1. The Hall–Kier alpha value is -2.41. The number of urea groups is 1. The molecule has 136 valence electrons. The van der Waals surface area contributed by atoms with Crippen LogP contribution in [0.25, 0.3) is 0 Å². The first kappa shape index (κ1) is 18.9. The number of nitrogens with zero attached hydrogens (tertiary/aromatic N) is 4. The van der Waals surface area contributed by atoms with Crippen LogP contribution in [-0.4, -0.2) is 49.5 Å². The smallest absolute Gasteiger partial charge is 0.321 e. The zero-order chi connectivity index (χ0) is 18.6. The number of aryl methyl sites for hydroxylation is 2. The third kappa shape index (κ3) is 5.56. The van der Waals surface area contributed by atoms with Crippen LogP contribution >= 0.6 is 0 Å². The number of aliphatic hydroxyl groups is 1. The summed E-state index contributed by atoms with van der Waals surface area (Å²) in [5, 5.41) is 17.2. The topological polar surface area (TPSA) is 83.3 Å². The summed E-state index contributed by atoms with van der Waals surface area (Å²) in [4.78, 5) is 18.3. The number of benzene rings is 1. The molecule has 0 unspecified atom stereocenters. The van der Waals surface area contributed by atoms with E-state index in [0.717, 1.165) is 17.2 Å². The van der Waals surface area contributed by atoms with Gasteiger partial charge in [0.25, 0.3) is 0 Å². The first-order chi connectivity index (χ1) is 11.7. The Morgan fingerprint density at radius 1 is 1.36 bits per heavy atom. The lowest BCUT2D eigenvalue weighted by atomic mass is 10.1. The number of nitrogens with one attached hydrogen (secondary N) is 1. The van der Waals surface area contributed by atoms with Gasteiger partial charge >= 0.3 is 6.03 Å². The largest absolute Gasteiger partial charge is 0.389 e. The molecule has 7 heteroatoms. The number of rotatable bonds is 6. The Kier molecular flexibility index (Phi) is 5.79. The van der Waals surface area contributed by atoms with Crippen molar-refractivity contribution in [2.45, 2.75) is 46.8 Å². The van der Waals surface area contributed by atoms with Gasteiger partial charge < -0.3 is 15.3 Å². The van der Waals surface area contributed by atoms with E-state index in [1.165, 1.54) is 0 Å². The molecule has 1 aromatic heterocycles. The minimum atomic E-state index is -0.933. The van der Waals surface area contributed by atoms with Crippen molar-refractivity contribution in [1.29, 1.82) is 0 Å². The monoisotopic (exact) mass is 345 g/mol. The number of anilines is 1. The molecule has 0 aliphatic heterocycles. The average molecular weight is 345 g/mol. The fraction of sp³-hybridized carbons (Fsp3) is 0.500. The van der Waals surface area contributed by atoms with Crippen molar-refractivity contribution >= 4 is 11.7 Å². The van der Waals surface area contributed by atoms with E-state index in [1.54, 1.807) is 18.7 Å². The zero-order valence-corrected chi connectivity index (χ0v) is 15.6. The molecular weight excluding hydrogens is 318 g/mol. The van der Waals surface area contributed by atoms with Crippen molar-refractivity contribution < 1.29 is 9.90 Å². The molecule has 7 nitrogen and oxygen atoms in total. The van der Waals surface area contributed by atoms with Crippen molar-refractivity contribution in [3.05, 3.63) is 41.5 Å². The summed E-state index contributed by atoms with van der Waals surface area (Å²) in [6.45, 7) is 10.4. The second kappa shape index (κ2) is 7.65. The highest BCUT2D eigenvalue weighted by Gasteiger charge is 2.21. The predicted molar refractivity (Wildman–Crippen MR) is 97.6 cm³/mol. The normalized spacial score (nSPS) is 11.4. The highest BCUT2D eigenvalue weighted by Crippen LogP contribution is 2.14. The minimum Gasteiger partial charge on any atom is -0.389 e. The highest BCUT2D eigenvalue weighted by molar-refractivity contribution is 5.89. The maximum Gasteiger partial charge on any atom is 0.321 e. The third-order valence-electron chi connectivity index (χ3n) is 3.72. The molecule has 0 spiro atoms. The Morgan fingerprint density at radius 2 is 2.08 bits per heavy atom. The SMILES string of the molecule is CCN(CC(C)(C)O)C(=O)Nc1cccc(Cn2nc(C)nc2C)c1. The van der Waals surface area contributed by atoms with E-state index in [1.807, 2.05) is 49.7 Å². The van der Waals surface area contributed by atoms with E-state index >= 15 is 0 Å². The zero-order valence-electron chi connectivity index (χ0n) is 15.6. The van der Waals surface area contributed by atoms with Gasteiger partial charge in [0.2, 0.25) is 0 Å². The van der Waals surface area contributed by atoms with Gasteiger partial charge in [0, 0.05) is 12.2 Å². The number of likely N-dealkylation sites (N-methyl/N-ethyl adjacent to an activating group) is 1. The molecule has 0 bridgehead atoms. The number of hydrogen-bond donors (Lipinski definition) is 2. The summed E-state index contributed by atoms with van der Waals surface area (Å²) in [5.74, 6) is 1.60. The van der Waals surface area contributed by atoms with Crippen LogP contribution in [0, 0.1) is 13.8 Å². The molecule has 0 aliphatic rings. The molecule has 0 radical (unpaired) electrons. The molecular formula is C18H27N5O2. The maximum atomic E-state index is 12.4. The van der Waals surface area contributed by atoms with Crippen molar-refractivity contribution in [2.75, 3.05) is 18.4 Å². The molecule has 2 amide bonds. The lowest BCUT2D eigenvalue weighted by Crippen LogP contribution is -2.44. The molecule has 0 atom stereocenters. The second-order valence-corrected chi connectivity index (χ2v) is 6.82. The molecule has 0 fully saturated rings. The van der Waals surface area contributed by atoms with Gasteiger partial charge in [0.05, 0.1) is 18.7 Å². The molecule has 1 heterocycles. The standard InChI is InChI=1S/C18H27N5O2/c1-6-22(12-18(4,5)25)17(24)20-16-9-7-8-15(10-16)11-23-14(3)19-13(2)21-23/h7-10,25H,6,11-12H2,1-5H3,(H,20,24). The van der Waals surface area contributed by atoms with E-state index in [2.05, 4.69) is 15.4 Å². The van der Waals surface area contributed by atoms with Crippen LogP contribution in [0.3, 0.4) is 0 Å². The van der Waals surface area contributed by atoms with Gasteiger partial charge in [-0.1, -0.05) is 12.1 Å². The number of aromatic nitrogens is 3. The van der Waals surface area contributed by atoms with Crippen LogP contribution in [0.15, 0.2) is 24.3 Å². The molecule has 2 rings (SSSR count). The van der Waals surface area contributed by atoms with Crippen LogP contribution in [0.1, 0.15) is 38.0 Å². The van der Waals surface area contributed by atoms with E-state index in [0.29, 0.717) is 18.8 Å². The molecule has 0 saturated carbocycles. The highest BCUT2D eigenvalue weighted by atomic mass is 16.3. The minimum absolute atomic E-state index is 0.227. The van der Waals surface area contributed by atoms with Crippen LogP contribution in [0.2, 0.25) is 0 Å². The van der Waals surface area contributed by atoms with Crippen LogP contribution in [0.5, 0.6) is 0 Å². The second-order valence-electron chi connectivity index (χ2n) is 6.82. The lowest BCUT2D eigenvalue weighted by molar-refractivity contribution is 0.0501. The summed E-state index contributed by atoms with van der Waals surface area (Å²) in [6.07, 6.45) is 0. The summed E-state index contributed by atoms with van der Waals surface area (Å²) < 4.78 is 1.84. The summed E-state index contributed by atoms with van der Waals surface area (Å²) in [5.41, 5.74) is 0.806. The lowest BCUT2D eigenvalue weighted by Gasteiger charge is -2.28. The van der Waals surface area contributed by atoms with Crippen LogP contribution in [-0.2, 0) is 6.54 Å². The van der Waals surface area contributed by atoms with E-state index in [9.17, 15) is 9.90 Å². The van der Waals surface area contributed by atoms with Gasteiger partial charge in [-0.3, -0.25) is 0 Å². The quantitative estimate of drug-likeness (QED) is 0.843. The molecule has 0 saturated heterocycles. The maximum absolute atomic E-state index is 12.4. The Labute approximate surface area is 148 Å². The number of carbonyl (C=O) groups is 1. The van der Waals surface area contributed by atoms with Crippen molar-refractivity contribution in [3.63, 3.8) is 0 Å². The van der Waals surface area contributed by atoms with Gasteiger partial charge in [-0.2, -0.15) is 5.10 Å². The molecule has 2 aromatic rings. The first-order valence-corrected chi connectivity index (χ1v) is 8.43. The fourth-order valence-electron chi connectivity index (χ4n) is 2.63. The van der Waals surface area contributed by atoms with Gasteiger partial charge in [-0.05, 0) is 52.3 Å². The van der Waals surface area contributed by atoms with E-state index in [4.69, 9.17) is 0 Å². The predicted octanol–water partition coefficient (Wildman–Crippen LogP) is 2.57. The van der Waals surface area contributed by atoms with Gasteiger partial charge in [-0.25, -0.2) is 14.5 Å². The van der Waals surface area contributed by atoms with E-state index in [-0.39, 0.29) is 12.6 Å². The molecule has 0 aliphatic carbocycles. The van der Waals surface area contributed by atoms with Crippen molar-refractivity contribution in [3.8, 4) is 0 Å². The summed E-state index contributed by atoms with van der Waals surface area (Å²) in [6, 6.07) is 7.43. The Balaban J connectivity index is 2.08. The van der Waals surface area contributed by atoms with Crippen LogP contribution in [0.4, 0.5) is 10.5 Å². The van der Waals surface area contributed by atoms with Gasteiger partial charge in [0.1, 0.15) is 11.6 Å². The first-order valence-electron chi connectivity index (χ1n) is 8.43. The van der Waals surface area contributed by atoms with Crippen LogP contribution < -0.4 is 5.32 Å².